The van der Waals surface area contributed by atoms with Gasteiger partial charge >= 0.3 is 0 Å². The zero-order valence-corrected chi connectivity index (χ0v) is 19.0. The van der Waals surface area contributed by atoms with Crippen LogP contribution in [0.5, 0.6) is 5.75 Å². The highest BCUT2D eigenvalue weighted by Gasteiger charge is 2.16. The van der Waals surface area contributed by atoms with E-state index in [9.17, 15) is 14.4 Å². The Bertz CT molecular complexity index is 1180. The molecule has 0 fully saturated rings. The van der Waals surface area contributed by atoms with Crippen molar-refractivity contribution in [1.82, 2.24) is 10.3 Å². The first-order valence-electron chi connectivity index (χ1n) is 8.81. The quantitative estimate of drug-likeness (QED) is 0.452. The van der Waals surface area contributed by atoms with Gasteiger partial charge in [0.1, 0.15) is 17.6 Å². The lowest BCUT2D eigenvalue weighted by atomic mass is 9.99. The molecule has 0 atom stereocenters. The van der Waals surface area contributed by atoms with Crippen molar-refractivity contribution >= 4 is 40.1 Å². The number of hydrogen-bond donors (Lipinski definition) is 1. The maximum absolute atomic E-state index is 13.5. The standard InChI is InChI=1S/C22H16ClFIN3O2/c1-12-7-13(10-28-22(29)16-8-14(24)4-6-19(16)30-2)3-5-15(12)21-17(9-26)20(23)18(25)11-27-21/h3-8,11H,10H2,1-2H3,(H,28,29). The molecule has 0 aliphatic rings. The number of aryl methyl sites for hydroxylation is 1. The van der Waals surface area contributed by atoms with E-state index in [4.69, 9.17) is 16.3 Å². The third-order valence-corrected chi connectivity index (χ3v) is 6.02. The van der Waals surface area contributed by atoms with Crippen LogP contribution in [0.25, 0.3) is 11.3 Å². The number of nitriles is 1. The molecule has 0 saturated carbocycles. The van der Waals surface area contributed by atoms with Gasteiger partial charge in [0.05, 0.1) is 32.5 Å². The largest absolute Gasteiger partial charge is 0.496 e. The second-order valence-corrected chi connectivity index (χ2v) is 7.97. The Morgan fingerprint density at radius 1 is 1.33 bits per heavy atom. The number of pyridine rings is 1. The summed E-state index contributed by atoms with van der Waals surface area (Å²) >= 11 is 8.29. The number of carbonyl (C=O) groups is 1. The van der Waals surface area contributed by atoms with Crippen LogP contribution in [0.4, 0.5) is 4.39 Å². The van der Waals surface area contributed by atoms with E-state index in [1.807, 2.05) is 47.7 Å². The van der Waals surface area contributed by atoms with Crippen LogP contribution in [0.3, 0.4) is 0 Å². The number of nitrogens with zero attached hydrogens (tertiary/aromatic N) is 2. The Balaban J connectivity index is 1.82. The van der Waals surface area contributed by atoms with Gasteiger partial charge in [-0.1, -0.05) is 29.8 Å². The molecule has 0 saturated heterocycles. The minimum absolute atomic E-state index is 0.127. The molecule has 5 nitrogen and oxygen atoms in total. The monoisotopic (exact) mass is 535 g/mol. The molecule has 1 aromatic heterocycles. The summed E-state index contributed by atoms with van der Waals surface area (Å²) in [4.78, 5) is 16.8. The summed E-state index contributed by atoms with van der Waals surface area (Å²) in [7, 11) is 1.42. The molecule has 0 aliphatic carbocycles. The topological polar surface area (TPSA) is 75.0 Å². The van der Waals surface area contributed by atoms with Crippen molar-refractivity contribution < 1.29 is 13.9 Å². The Labute approximate surface area is 192 Å². The van der Waals surface area contributed by atoms with Crippen molar-refractivity contribution in [2.75, 3.05) is 7.11 Å². The fraction of sp³-hybridized carbons (Fsp3) is 0.136. The molecule has 0 radical (unpaired) electrons. The van der Waals surface area contributed by atoms with Gasteiger partial charge in [0.25, 0.3) is 5.91 Å². The highest BCUT2D eigenvalue weighted by Crippen LogP contribution is 2.32. The van der Waals surface area contributed by atoms with Crippen LogP contribution in [-0.4, -0.2) is 18.0 Å². The Kier molecular flexibility index (Phi) is 6.90. The van der Waals surface area contributed by atoms with Crippen molar-refractivity contribution in [3.05, 3.63) is 79.3 Å². The van der Waals surface area contributed by atoms with E-state index in [1.165, 1.54) is 19.2 Å². The second-order valence-electron chi connectivity index (χ2n) is 6.43. The van der Waals surface area contributed by atoms with Crippen molar-refractivity contribution in [2.24, 2.45) is 0 Å². The van der Waals surface area contributed by atoms with E-state index in [1.54, 1.807) is 6.20 Å². The molecule has 0 spiro atoms. The molecule has 0 aliphatic heterocycles. The van der Waals surface area contributed by atoms with E-state index in [0.29, 0.717) is 25.6 Å². The molecule has 1 N–H and O–H groups in total. The predicted molar refractivity (Wildman–Crippen MR) is 121 cm³/mol. The van der Waals surface area contributed by atoms with Crippen LogP contribution in [-0.2, 0) is 6.54 Å². The van der Waals surface area contributed by atoms with Gasteiger partial charge < -0.3 is 10.1 Å². The van der Waals surface area contributed by atoms with Gasteiger partial charge in [0.2, 0.25) is 0 Å². The molecule has 1 amide bonds. The third-order valence-electron chi connectivity index (χ3n) is 4.49. The van der Waals surface area contributed by atoms with Crippen LogP contribution in [0, 0.1) is 27.6 Å². The summed E-state index contributed by atoms with van der Waals surface area (Å²) in [6.45, 7) is 2.14. The van der Waals surface area contributed by atoms with Gasteiger partial charge in [0.15, 0.2) is 0 Å². The molecule has 30 heavy (non-hydrogen) atoms. The lowest BCUT2D eigenvalue weighted by Crippen LogP contribution is -2.23. The number of ether oxygens (including phenoxy) is 1. The van der Waals surface area contributed by atoms with E-state index in [2.05, 4.69) is 16.4 Å². The number of hydrogen-bond acceptors (Lipinski definition) is 4. The van der Waals surface area contributed by atoms with Gasteiger partial charge in [0, 0.05) is 18.3 Å². The normalized spacial score (nSPS) is 10.4. The van der Waals surface area contributed by atoms with E-state index >= 15 is 0 Å². The van der Waals surface area contributed by atoms with E-state index in [-0.39, 0.29) is 12.1 Å². The summed E-state index contributed by atoms with van der Waals surface area (Å²) in [5.74, 6) is -0.657. The molecular formula is C22H16ClFIN3O2. The molecule has 152 valence electrons. The van der Waals surface area contributed by atoms with Gasteiger partial charge in [-0.05, 0) is 58.8 Å². The molecular weight excluding hydrogens is 520 g/mol. The maximum atomic E-state index is 13.5. The zero-order chi connectivity index (χ0) is 21.8. The SMILES string of the molecule is COc1ccc(F)cc1C(=O)NCc1ccc(-c2ncc(I)c(Cl)c2C#N)c(C)c1. The van der Waals surface area contributed by atoms with E-state index < -0.39 is 11.7 Å². The fourth-order valence-corrected chi connectivity index (χ4v) is 3.60. The average Bonchev–Trinajstić information content (AvgIpc) is 2.74. The molecule has 2 aromatic carbocycles. The minimum atomic E-state index is -0.516. The summed E-state index contributed by atoms with van der Waals surface area (Å²) in [6, 6.07) is 11.5. The predicted octanol–water partition coefficient (Wildman–Crippen LogP) is 5.26. The number of aromatic nitrogens is 1. The first kappa shape index (κ1) is 22.0. The van der Waals surface area contributed by atoms with Gasteiger partial charge in [-0.3, -0.25) is 9.78 Å². The van der Waals surface area contributed by atoms with Crippen LogP contribution >= 0.6 is 34.2 Å². The van der Waals surface area contributed by atoms with Crippen LogP contribution in [0.1, 0.15) is 27.0 Å². The van der Waals surface area contributed by atoms with Crippen molar-refractivity contribution in [3.63, 3.8) is 0 Å². The van der Waals surface area contributed by atoms with Crippen LogP contribution < -0.4 is 10.1 Å². The number of methoxy groups -OCH3 is 1. The Morgan fingerprint density at radius 2 is 2.10 bits per heavy atom. The highest BCUT2D eigenvalue weighted by atomic mass is 127. The molecule has 8 heteroatoms. The van der Waals surface area contributed by atoms with Crippen LogP contribution in [0.15, 0.2) is 42.6 Å². The van der Waals surface area contributed by atoms with E-state index in [0.717, 1.165) is 22.8 Å². The summed E-state index contributed by atoms with van der Waals surface area (Å²) < 4.78 is 19.3. The summed E-state index contributed by atoms with van der Waals surface area (Å²) in [6.07, 6.45) is 1.62. The first-order valence-corrected chi connectivity index (χ1v) is 10.3. The average molecular weight is 536 g/mol. The smallest absolute Gasteiger partial charge is 0.255 e. The number of nitrogens with one attached hydrogen (secondary N) is 1. The molecule has 3 rings (SSSR count). The van der Waals surface area contributed by atoms with Crippen molar-refractivity contribution in [3.8, 4) is 23.1 Å². The summed E-state index contributed by atoms with van der Waals surface area (Å²) in [5, 5.41) is 12.6. The fourth-order valence-electron chi connectivity index (χ4n) is 3.01. The number of amides is 1. The third kappa shape index (κ3) is 4.55. The molecule has 1 heterocycles. The van der Waals surface area contributed by atoms with Gasteiger partial charge in [-0.2, -0.15) is 5.26 Å². The second kappa shape index (κ2) is 9.41. The lowest BCUT2D eigenvalue weighted by molar-refractivity contribution is 0.0947. The maximum Gasteiger partial charge on any atom is 0.255 e. The number of halogens is 3. The lowest BCUT2D eigenvalue weighted by Gasteiger charge is -2.12. The molecule has 0 unspecified atom stereocenters. The molecule has 0 bridgehead atoms. The van der Waals surface area contributed by atoms with Gasteiger partial charge in [-0.25, -0.2) is 4.39 Å². The Hall–Kier alpha value is -2.70. The van der Waals surface area contributed by atoms with Crippen molar-refractivity contribution in [1.29, 1.82) is 5.26 Å². The van der Waals surface area contributed by atoms with Crippen LogP contribution in [0.2, 0.25) is 5.02 Å². The highest BCUT2D eigenvalue weighted by molar-refractivity contribution is 14.1. The number of carbonyl (C=O) groups excluding carboxylic acids is 1. The number of benzene rings is 2. The number of rotatable bonds is 5. The van der Waals surface area contributed by atoms with Gasteiger partial charge in [-0.15, -0.1) is 0 Å². The molecule has 3 aromatic rings. The minimum Gasteiger partial charge on any atom is -0.496 e. The first-order chi connectivity index (χ1) is 14.3. The zero-order valence-electron chi connectivity index (χ0n) is 16.1. The summed E-state index contributed by atoms with van der Waals surface area (Å²) in [5.41, 5.74) is 3.47. The Morgan fingerprint density at radius 3 is 2.77 bits per heavy atom. The van der Waals surface area contributed by atoms with Crippen molar-refractivity contribution in [2.45, 2.75) is 13.5 Å².